The minimum atomic E-state index is -0.312. The third kappa shape index (κ3) is 2.52. The van der Waals surface area contributed by atoms with Gasteiger partial charge in [0.2, 0.25) is 0 Å². The Bertz CT molecular complexity index is 1050. The average Bonchev–Trinajstić information content (AvgIpc) is 3.00. The van der Waals surface area contributed by atoms with Crippen molar-refractivity contribution in [1.29, 1.82) is 0 Å². The molecule has 3 aromatic rings. The van der Waals surface area contributed by atoms with Gasteiger partial charge in [0, 0.05) is 0 Å². The Morgan fingerprint density at radius 2 is 1.56 bits per heavy atom. The lowest BCUT2D eigenvalue weighted by Gasteiger charge is -2.35. The highest BCUT2D eigenvalue weighted by Gasteiger charge is 2.46. The van der Waals surface area contributed by atoms with Gasteiger partial charge in [0.05, 0.1) is 5.41 Å². The zero-order valence-electron chi connectivity index (χ0n) is 15.9. The molecule has 0 N–H and O–H groups in total. The van der Waals surface area contributed by atoms with Crippen molar-refractivity contribution in [2.24, 2.45) is 0 Å². The van der Waals surface area contributed by atoms with E-state index in [9.17, 15) is 0 Å². The SMILES string of the molecule is C=CC=CC(=CC)C1(c2ccccc2)c2ccccc2-c2ccc(C)cc21. The monoisotopic (exact) mass is 348 g/mol. The summed E-state index contributed by atoms with van der Waals surface area (Å²) in [6.45, 7) is 8.18. The average molecular weight is 348 g/mol. The maximum absolute atomic E-state index is 3.88. The van der Waals surface area contributed by atoms with Gasteiger partial charge in [-0.05, 0) is 47.2 Å². The molecule has 0 aliphatic heterocycles. The van der Waals surface area contributed by atoms with Gasteiger partial charge in [-0.25, -0.2) is 0 Å². The molecule has 1 unspecified atom stereocenters. The van der Waals surface area contributed by atoms with Crippen LogP contribution in [0.1, 0.15) is 29.2 Å². The smallest absolute Gasteiger partial charge is 0.0710 e. The van der Waals surface area contributed by atoms with Gasteiger partial charge in [0.25, 0.3) is 0 Å². The van der Waals surface area contributed by atoms with E-state index in [2.05, 4.69) is 105 Å². The Morgan fingerprint density at radius 3 is 2.30 bits per heavy atom. The molecule has 4 rings (SSSR count). The van der Waals surface area contributed by atoms with Gasteiger partial charge >= 0.3 is 0 Å². The molecule has 0 saturated carbocycles. The first-order valence-corrected chi connectivity index (χ1v) is 9.46. The molecule has 0 amide bonds. The second-order valence-electron chi connectivity index (χ2n) is 7.05. The van der Waals surface area contributed by atoms with Crippen LogP contribution in [0.15, 0.2) is 109 Å². The second kappa shape index (κ2) is 6.89. The van der Waals surface area contributed by atoms with Crippen molar-refractivity contribution in [3.8, 4) is 11.1 Å². The van der Waals surface area contributed by atoms with Crippen molar-refractivity contribution >= 4 is 0 Å². The Morgan fingerprint density at radius 1 is 0.852 bits per heavy atom. The molecule has 0 bridgehead atoms. The van der Waals surface area contributed by atoms with Gasteiger partial charge in [0.15, 0.2) is 0 Å². The summed E-state index contributed by atoms with van der Waals surface area (Å²) in [5.74, 6) is 0. The Labute approximate surface area is 162 Å². The first kappa shape index (κ1) is 17.3. The third-order valence-electron chi connectivity index (χ3n) is 5.56. The fourth-order valence-corrected chi connectivity index (χ4v) is 4.48. The van der Waals surface area contributed by atoms with Crippen LogP contribution in [0.3, 0.4) is 0 Å². The minimum Gasteiger partial charge on any atom is -0.0991 e. The quantitative estimate of drug-likeness (QED) is 0.445. The number of rotatable bonds is 4. The summed E-state index contributed by atoms with van der Waals surface area (Å²) in [4.78, 5) is 0. The van der Waals surface area contributed by atoms with Crippen molar-refractivity contribution in [3.63, 3.8) is 0 Å². The molecule has 1 aliphatic carbocycles. The Hall–Kier alpha value is -3.12. The molecular weight excluding hydrogens is 324 g/mol. The van der Waals surface area contributed by atoms with Gasteiger partial charge in [-0.3, -0.25) is 0 Å². The summed E-state index contributed by atoms with van der Waals surface area (Å²) in [6, 6.07) is 26.5. The zero-order valence-corrected chi connectivity index (χ0v) is 15.9. The fraction of sp³-hybridized carbons (Fsp3) is 0.111. The topological polar surface area (TPSA) is 0 Å². The maximum atomic E-state index is 3.88. The summed E-state index contributed by atoms with van der Waals surface area (Å²) in [5, 5.41) is 0. The molecule has 0 heteroatoms. The van der Waals surface area contributed by atoms with Crippen LogP contribution in [0.5, 0.6) is 0 Å². The lowest BCUT2D eigenvalue weighted by molar-refractivity contribution is 0.764. The van der Waals surface area contributed by atoms with E-state index in [1.807, 2.05) is 12.2 Å². The molecule has 0 aromatic heterocycles. The van der Waals surface area contributed by atoms with Crippen molar-refractivity contribution < 1.29 is 0 Å². The van der Waals surface area contributed by atoms with E-state index in [4.69, 9.17) is 0 Å². The highest BCUT2D eigenvalue weighted by atomic mass is 14.5. The van der Waals surface area contributed by atoms with Crippen molar-refractivity contribution in [2.75, 3.05) is 0 Å². The predicted molar refractivity (Wildman–Crippen MR) is 116 cm³/mol. The molecule has 0 spiro atoms. The predicted octanol–water partition coefficient (Wildman–Crippen LogP) is 7.00. The largest absolute Gasteiger partial charge is 0.0991 e. The van der Waals surface area contributed by atoms with Gasteiger partial charge in [0.1, 0.15) is 0 Å². The zero-order chi connectivity index (χ0) is 18.9. The normalized spacial score (nSPS) is 18.4. The van der Waals surface area contributed by atoms with Gasteiger partial charge < -0.3 is 0 Å². The van der Waals surface area contributed by atoms with Crippen LogP contribution in [0.25, 0.3) is 11.1 Å². The first-order valence-electron chi connectivity index (χ1n) is 9.46. The minimum absolute atomic E-state index is 0.312. The molecule has 27 heavy (non-hydrogen) atoms. The van der Waals surface area contributed by atoms with E-state index < -0.39 is 0 Å². The third-order valence-corrected chi connectivity index (χ3v) is 5.56. The molecule has 0 fully saturated rings. The molecule has 132 valence electrons. The van der Waals surface area contributed by atoms with Crippen molar-refractivity contribution in [2.45, 2.75) is 19.3 Å². The lowest BCUT2D eigenvalue weighted by atomic mass is 9.67. The Kier molecular flexibility index (Phi) is 4.41. The molecule has 0 saturated heterocycles. The summed E-state index contributed by atoms with van der Waals surface area (Å²) in [7, 11) is 0. The molecule has 0 radical (unpaired) electrons. The van der Waals surface area contributed by atoms with Crippen LogP contribution in [0.2, 0.25) is 0 Å². The second-order valence-corrected chi connectivity index (χ2v) is 7.05. The standard InChI is InChI=1S/C27H24/c1-4-6-12-21(5-2)27(22-13-8-7-9-14-22)25-16-11-10-15-23(25)24-18-17-20(3)19-26(24)27/h4-19H,1H2,2-3H3. The van der Waals surface area contributed by atoms with Crippen LogP contribution < -0.4 is 0 Å². The molecule has 0 nitrogen and oxygen atoms in total. The summed E-state index contributed by atoms with van der Waals surface area (Å²) in [5.41, 5.74) is 8.89. The fourth-order valence-electron chi connectivity index (χ4n) is 4.48. The van der Waals surface area contributed by atoms with Gasteiger partial charge in [-0.2, -0.15) is 0 Å². The molecule has 1 atom stereocenters. The van der Waals surface area contributed by atoms with Gasteiger partial charge in [-0.15, -0.1) is 0 Å². The van der Waals surface area contributed by atoms with Crippen LogP contribution in [-0.4, -0.2) is 0 Å². The summed E-state index contributed by atoms with van der Waals surface area (Å²) >= 11 is 0. The lowest BCUT2D eigenvalue weighted by Crippen LogP contribution is -2.29. The van der Waals surface area contributed by atoms with E-state index in [0.717, 1.165) is 0 Å². The van der Waals surface area contributed by atoms with E-state index in [1.54, 1.807) is 0 Å². The number of aryl methyl sites for hydroxylation is 1. The molecular formula is C27H24. The molecule has 1 aliphatic rings. The highest BCUT2D eigenvalue weighted by molar-refractivity contribution is 5.86. The number of allylic oxidation sites excluding steroid dienone is 5. The van der Waals surface area contributed by atoms with Crippen LogP contribution >= 0.6 is 0 Å². The highest BCUT2D eigenvalue weighted by Crippen LogP contribution is 2.56. The maximum Gasteiger partial charge on any atom is 0.0710 e. The molecule has 0 heterocycles. The first-order chi connectivity index (χ1) is 13.2. The van der Waals surface area contributed by atoms with Crippen LogP contribution in [-0.2, 0) is 5.41 Å². The summed E-state index contributed by atoms with van der Waals surface area (Å²) < 4.78 is 0. The van der Waals surface area contributed by atoms with E-state index in [-0.39, 0.29) is 5.41 Å². The summed E-state index contributed by atoms with van der Waals surface area (Å²) in [6.07, 6.45) is 8.33. The van der Waals surface area contributed by atoms with Crippen molar-refractivity contribution in [1.82, 2.24) is 0 Å². The van der Waals surface area contributed by atoms with Crippen LogP contribution in [0.4, 0.5) is 0 Å². The number of benzene rings is 3. The van der Waals surface area contributed by atoms with Gasteiger partial charge in [-0.1, -0.05) is 109 Å². The van der Waals surface area contributed by atoms with E-state index in [0.29, 0.717) is 0 Å². The van der Waals surface area contributed by atoms with Crippen molar-refractivity contribution in [3.05, 3.63) is 132 Å². The number of fused-ring (bicyclic) bond motifs is 3. The van der Waals surface area contributed by atoms with E-state index >= 15 is 0 Å². The van der Waals surface area contributed by atoms with E-state index in [1.165, 1.54) is 39.0 Å². The molecule has 3 aromatic carbocycles. The Balaban J connectivity index is 2.18. The number of hydrogen-bond donors (Lipinski definition) is 0. The van der Waals surface area contributed by atoms with Crippen LogP contribution in [0, 0.1) is 6.92 Å². The number of hydrogen-bond acceptors (Lipinski definition) is 0.